The van der Waals surface area contributed by atoms with E-state index in [1.54, 1.807) is 12.1 Å². The average Bonchev–Trinajstić information content (AvgIpc) is 2.31. The second-order valence-corrected chi connectivity index (χ2v) is 4.60. The molecule has 5 heteroatoms. The normalized spacial score (nSPS) is 10.4. The molecule has 0 spiro atoms. The number of benzene rings is 2. The lowest BCUT2D eigenvalue weighted by atomic mass is 10.2. The minimum Gasteiger partial charge on any atom is -0.376 e. The molecule has 0 heterocycles. The Morgan fingerprint density at radius 2 is 1.61 bits per heavy atom. The van der Waals surface area contributed by atoms with Crippen molar-refractivity contribution in [2.24, 2.45) is 0 Å². The van der Waals surface area contributed by atoms with Crippen molar-refractivity contribution in [3.63, 3.8) is 0 Å². The summed E-state index contributed by atoms with van der Waals surface area (Å²) in [6, 6.07) is 8.07. The molecule has 2 aromatic carbocycles. The first-order valence-corrected chi connectivity index (χ1v) is 5.99. The maximum absolute atomic E-state index is 13.5. The number of hydrogen-bond donors (Lipinski definition) is 1. The van der Waals surface area contributed by atoms with Gasteiger partial charge in [-0.25, -0.2) is 13.2 Å². The predicted molar refractivity (Wildman–Crippen MR) is 67.8 cm³/mol. The lowest BCUT2D eigenvalue weighted by Crippen LogP contribution is -2.05. The third-order valence-electron chi connectivity index (χ3n) is 2.43. The van der Waals surface area contributed by atoms with E-state index in [4.69, 9.17) is 0 Å². The van der Waals surface area contributed by atoms with E-state index in [0.717, 1.165) is 12.1 Å². The highest BCUT2D eigenvalue weighted by Gasteiger charge is 2.09. The first-order chi connectivity index (χ1) is 8.58. The molecule has 0 saturated heterocycles. The highest BCUT2D eigenvalue weighted by molar-refractivity contribution is 9.10. The van der Waals surface area contributed by atoms with Crippen LogP contribution in [0.15, 0.2) is 40.9 Å². The van der Waals surface area contributed by atoms with Crippen molar-refractivity contribution in [2.75, 3.05) is 5.32 Å². The maximum Gasteiger partial charge on any atom is 0.149 e. The largest absolute Gasteiger partial charge is 0.376 e. The van der Waals surface area contributed by atoms with Crippen molar-refractivity contribution >= 4 is 21.6 Å². The van der Waals surface area contributed by atoms with Gasteiger partial charge in [-0.1, -0.05) is 28.1 Å². The summed E-state index contributed by atoms with van der Waals surface area (Å²) in [6.45, 7) is 0.0109. The molecule has 0 atom stereocenters. The van der Waals surface area contributed by atoms with Gasteiger partial charge in [-0.2, -0.15) is 0 Å². The van der Waals surface area contributed by atoms with Crippen LogP contribution < -0.4 is 5.32 Å². The minimum absolute atomic E-state index is 0.0109. The lowest BCUT2D eigenvalue weighted by Gasteiger charge is -2.09. The van der Waals surface area contributed by atoms with E-state index in [9.17, 15) is 13.2 Å². The molecule has 0 aliphatic rings. The molecule has 0 aliphatic heterocycles. The van der Waals surface area contributed by atoms with Gasteiger partial charge in [-0.05, 0) is 24.3 Å². The molecule has 2 aromatic rings. The van der Waals surface area contributed by atoms with E-state index < -0.39 is 17.5 Å². The van der Waals surface area contributed by atoms with Crippen LogP contribution in [0.1, 0.15) is 5.56 Å². The van der Waals surface area contributed by atoms with E-state index in [1.807, 2.05) is 0 Å². The van der Waals surface area contributed by atoms with Crippen LogP contribution in [0.2, 0.25) is 0 Å². The Bertz CT molecular complexity index is 552. The Morgan fingerprint density at radius 1 is 0.944 bits per heavy atom. The van der Waals surface area contributed by atoms with Crippen LogP contribution in [0.3, 0.4) is 0 Å². The van der Waals surface area contributed by atoms with Crippen LogP contribution in [0, 0.1) is 17.5 Å². The van der Waals surface area contributed by atoms with Crippen molar-refractivity contribution in [3.05, 3.63) is 63.9 Å². The zero-order valence-corrected chi connectivity index (χ0v) is 10.8. The van der Waals surface area contributed by atoms with Crippen LogP contribution >= 0.6 is 15.9 Å². The average molecular weight is 316 g/mol. The van der Waals surface area contributed by atoms with Crippen LogP contribution in [0.4, 0.5) is 18.9 Å². The molecule has 2 rings (SSSR count). The second kappa shape index (κ2) is 5.44. The van der Waals surface area contributed by atoms with Gasteiger partial charge in [0.05, 0.1) is 0 Å². The number of anilines is 1. The highest BCUT2D eigenvalue weighted by Crippen LogP contribution is 2.20. The van der Waals surface area contributed by atoms with Gasteiger partial charge in [0.2, 0.25) is 0 Å². The molecule has 94 valence electrons. The molecule has 0 aromatic heterocycles. The van der Waals surface area contributed by atoms with E-state index >= 15 is 0 Å². The van der Waals surface area contributed by atoms with E-state index in [2.05, 4.69) is 21.2 Å². The summed E-state index contributed by atoms with van der Waals surface area (Å²) in [5, 5.41) is 2.55. The van der Waals surface area contributed by atoms with Crippen molar-refractivity contribution in [1.29, 1.82) is 0 Å². The Kier molecular flexibility index (Phi) is 3.91. The molecular weight excluding hydrogens is 307 g/mol. The molecule has 0 aliphatic carbocycles. The fourth-order valence-corrected chi connectivity index (χ4v) is 1.85. The van der Waals surface area contributed by atoms with Crippen LogP contribution in [0.5, 0.6) is 0 Å². The third kappa shape index (κ3) is 2.85. The van der Waals surface area contributed by atoms with Gasteiger partial charge in [-0.3, -0.25) is 0 Å². The summed E-state index contributed by atoms with van der Waals surface area (Å²) < 4.78 is 40.7. The van der Waals surface area contributed by atoms with E-state index in [0.29, 0.717) is 10.0 Å². The summed E-state index contributed by atoms with van der Waals surface area (Å²) in [5.41, 5.74) is 0.0840. The smallest absolute Gasteiger partial charge is 0.149 e. The topological polar surface area (TPSA) is 12.0 Å². The summed E-state index contributed by atoms with van der Waals surface area (Å²) in [4.78, 5) is 0. The summed E-state index contributed by atoms with van der Waals surface area (Å²) in [6.07, 6.45) is 0. The standard InChI is InChI=1S/C13H9BrF3N/c14-9-5-4-8(12(17)6-9)7-18-13-10(15)2-1-3-11(13)16/h1-6,18H,7H2. The molecular formula is C13H9BrF3N. The van der Waals surface area contributed by atoms with Crippen molar-refractivity contribution in [2.45, 2.75) is 6.54 Å². The first kappa shape index (κ1) is 13.0. The summed E-state index contributed by atoms with van der Waals surface area (Å²) in [5.74, 6) is -1.84. The minimum atomic E-state index is -0.701. The van der Waals surface area contributed by atoms with Crippen LogP contribution in [-0.4, -0.2) is 0 Å². The molecule has 0 radical (unpaired) electrons. The zero-order chi connectivity index (χ0) is 13.1. The highest BCUT2D eigenvalue weighted by atomic mass is 79.9. The number of nitrogens with one attached hydrogen (secondary N) is 1. The molecule has 0 saturated carbocycles. The number of halogens is 4. The van der Waals surface area contributed by atoms with Crippen molar-refractivity contribution in [1.82, 2.24) is 0 Å². The van der Waals surface area contributed by atoms with Crippen LogP contribution in [0.25, 0.3) is 0 Å². The molecule has 1 N–H and O–H groups in total. The second-order valence-electron chi connectivity index (χ2n) is 3.69. The van der Waals surface area contributed by atoms with Gasteiger partial charge < -0.3 is 5.32 Å². The van der Waals surface area contributed by atoms with Gasteiger partial charge in [-0.15, -0.1) is 0 Å². The Balaban J connectivity index is 2.16. The Hall–Kier alpha value is -1.49. The quantitative estimate of drug-likeness (QED) is 0.880. The van der Waals surface area contributed by atoms with Gasteiger partial charge in [0, 0.05) is 16.6 Å². The van der Waals surface area contributed by atoms with Crippen molar-refractivity contribution in [3.8, 4) is 0 Å². The predicted octanol–water partition coefficient (Wildman–Crippen LogP) is 4.48. The lowest BCUT2D eigenvalue weighted by molar-refractivity contribution is 0.585. The van der Waals surface area contributed by atoms with Gasteiger partial charge >= 0.3 is 0 Å². The molecule has 0 amide bonds. The Labute approximate surface area is 111 Å². The molecule has 1 nitrogen and oxygen atoms in total. The zero-order valence-electron chi connectivity index (χ0n) is 9.18. The van der Waals surface area contributed by atoms with E-state index in [-0.39, 0.29) is 12.2 Å². The number of rotatable bonds is 3. The maximum atomic E-state index is 13.5. The summed E-state index contributed by atoms with van der Waals surface area (Å²) in [7, 11) is 0. The summed E-state index contributed by atoms with van der Waals surface area (Å²) >= 11 is 3.14. The fourth-order valence-electron chi connectivity index (χ4n) is 1.52. The van der Waals surface area contributed by atoms with Gasteiger partial charge in [0.1, 0.15) is 23.1 Å². The third-order valence-corrected chi connectivity index (χ3v) is 2.93. The Morgan fingerprint density at radius 3 is 2.22 bits per heavy atom. The van der Waals surface area contributed by atoms with Gasteiger partial charge in [0.15, 0.2) is 0 Å². The molecule has 0 unspecified atom stereocenters. The fraction of sp³-hybridized carbons (Fsp3) is 0.0769. The SMILES string of the molecule is Fc1cc(Br)ccc1CNc1c(F)cccc1F. The molecule has 0 bridgehead atoms. The van der Waals surface area contributed by atoms with Crippen molar-refractivity contribution < 1.29 is 13.2 Å². The number of hydrogen-bond acceptors (Lipinski definition) is 1. The van der Waals surface area contributed by atoms with Gasteiger partial charge in [0.25, 0.3) is 0 Å². The number of para-hydroxylation sites is 1. The van der Waals surface area contributed by atoms with E-state index in [1.165, 1.54) is 12.1 Å². The monoisotopic (exact) mass is 315 g/mol. The first-order valence-electron chi connectivity index (χ1n) is 5.20. The molecule has 0 fully saturated rings. The molecule has 18 heavy (non-hydrogen) atoms. The van der Waals surface area contributed by atoms with Crippen LogP contribution in [-0.2, 0) is 6.54 Å².